The second kappa shape index (κ2) is 36.0. The van der Waals surface area contributed by atoms with Crippen molar-refractivity contribution >= 4 is 0 Å². The second-order valence-corrected chi connectivity index (χ2v) is 16.1. The molecular formula is C46H91N2+. The molecule has 2 atom stereocenters. The van der Waals surface area contributed by atoms with E-state index in [0.29, 0.717) is 12.0 Å². The minimum Gasteiger partial charge on any atom is -0.247 e. The summed E-state index contributed by atoms with van der Waals surface area (Å²) in [6.07, 6.45) is 57.7. The van der Waals surface area contributed by atoms with E-state index < -0.39 is 0 Å². The largest absolute Gasteiger partial charge is 0.257 e. The Labute approximate surface area is 304 Å². The van der Waals surface area contributed by atoms with Gasteiger partial charge < -0.3 is 0 Å². The third-order valence-corrected chi connectivity index (χ3v) is 11.4. The van der Waals surface area contributed by atoms with Gasteiger partial charge in [-0.2, -0.15) is 0 Å². The first kappa shape index (κ1) is 45.2. The third kappa shape index (κ3) is 27.0. The average Bonchev–Trinajstić information content (AvgIpc) is 3.59. The predicted molar refractivity (Wildman–Crippen MR) is 216 cm³/mol. The van der Waals surface area contributed by atoms with Gasteiger partial charge in [0, 0.05) is 0 Å². The van der Waals surface area contributed by atoms with Crippen LogP contribution in [0.2, 0.25) is 0 Å². The molecule has 0 bridgehead atoms. The molecule has 0 amide bonds. The molecule has 0 aromatic carbocycles. The first-order chi connectivity index (χ1) is 23.7. The van der Waals surface area contributed by atoms with Gasteiger partial charge in [-0.1, -0.05) is 233 Å². The molecule has 0 aliphatic rings. The minimum absolute atomic E-state index is 0.618. The van der Waals surface area contributed by atoms with Crippen LogP contribution < -0.4 is 4.57 Å². The van der Waals surface area contributed by atoms with Crippen molar-refractivity contribution in [2.75, 3.05) is 0 Å². The molecule has 1 N–H and O–H groups in total. The molecule has 1 heterocycles. The van der Waals surface area contributed by atoms with Crippen LogP contribution in [0.1, 0.15) is 283 Å². The van der Waals surface area contributed by atoms with E-state index in [9.17, 15) is 0 Å². The molecular weight excluding hydrogens is 581 g/mol. The summed E-state index contributed by atoms with van der Waals surface area (Å²) in [5.74, 6) is 2.25. The van der Waals surface area contributed by atoms with Crippen molar-refractivity contribution < 1.29 is 4.57 Å². The van der Waals surface area contributed by atoms with E-state index in [1.165, 1.54) is 243 Å². The molecule has 0 aliphatic heterocycles. The van der Waals surface area contributed by atoms with Gasteiger partial charge in [-0.15, -0.1) is 0 Å². The topological polar surface area (TPSA) is 19.7 Å². The number of hydrogen-bond acceptors (Lipinski definition) is 0. The number of H-pyrrole nitrogens is 1. The number of hydrogen-bond donors (Lipinski definition) is 1. The normalized spacial score (nSPS) is 13.0. The standard InChI is InChI=1S/C46H90N2/c1-5-8-11-14-16-18-20-22-23-24-25-26-28-30-32-35-38-41-45(40-37-34-31-29-27-21-19-17-15-12-9-6-2)46-47-42-43-48(46)44(4)39-36-33-13-10-7-3/h42-45H,5-41H2,1-4H3/p+1. The molecule has 0 saturated heterocycles. The molecule has 0 saturated carbocycles. The van der Waals surface area contributed by atoms with Gasteiger partial charge in [0.15, 0.2) is 0 Å². The molecule has 1 rings (SSSR count). The van der Waals surface area contributed by atoms with Gasteiger partial charge >= 0.3 is 0 Å². The van der Waals surface area contributed by atoms with Gasteiger partial charge in [0.25, 0.3) is 5.82 Å². The fourth-order valence-corrected chi connectivity index (χ4v) is 8.02. The lowest BCUT2D eigenvalue weighted by Gasteiger charge is -2.17. The smallest absolute Gasteiger partial charge is 0.247 e. The van der Waals surface area contributed by atoms with Crippen LogP contribution in [0.3, 0.4) is 0 Å². The SMILES string of the molecule is CCCCCCCCCCCCCCCCCCCC(CCCCCCCCCCCCCC)c1[nH]cc[n+]1C(C)CCCCCCC. The summed E-state index contributed by atoms with van der Waals surface area (Å²) in [5.41, 5.74) is 0. The van der Waals surface area contributed by atoms with Crippen molar-refractivity contribution in [3.8, 4) is 0 Å². The summed E-state index contributed by atoms with van der Waals surface area (Å²) < 4.78 is 2.64. The van der Waals surface area contributed by atoms with E-state index >= 15 is 0 Å². The Hall–Kier alpha value is -0.790. The van der Waals surface area contributed by atoms with E-state index in [2.05, 4.69) is 49.6 Å². The highest BCUT2D eigenvalue weighted by molar-refractivity contribution is 4.90. The van der Waals surface area contributed by atoms with Crippen LogP contribution in [0.4, 0.5) is 0 Å². The minimum atomic E-state index is 0.618. The summed E-state index contributed by atoms with van der Waals surface area (Å²) >= 11 is 0. The summed E-state index contributed by atoms with van der Waals surface area (Å²) in [6.45, 7) is 9.42. The molecule has 2 heteroatoms. The Morgan fingerprint density at radius 2 is 0.667 bits per heavy atom. The molecule has 2 unspecified atom stereocenters. The van der Waals surface area contributed by atoms with Gasteiger partial charge in [-0.25, -0.2) is 9.55 Å². The molecule has 1 aromatic heterocycles. The Kier molecular flexibility index (Phi) is 33.9. The zero-order valence-electron chi connectivity index (χ0n) is 33.9. The summed E-state index contributed by atoms with van der Waals surface area (Å²) in [4.78, 5) is 3.76. The first-order valence-corrected chi connectivity index (χ1v) is 22.8. The third-order valence-electron chi connectivity index (χ3n) is 11.4. The summed E-state index contributed by atoms with van der Waals surface area (Å²) in [7, 11) is 0. The fraction of sp³-hybridized carbons (Fsp3) is 0.935. The number of nitrogens with one attached hydrogen (secondary N) is 1. The highest BCUT2D eigenvalue weighted by atomic mass is 15.1. The van der Waals surface area contributed by atoms with E-state index in [1.54, 1.807) is 0 Å². The highest BCUT2D eigenvalue weighted by Crippen LogP contribution is 2.27. The van der Waals surface area contributed by atoms with Crippen molar-refractivity contribution in [1.82, 2.24) is 4.98 Å². The monoisotopic (exact) mass is 672 g/mol. The Bertz CT molecular complexity index is 738. The van der Waals surface area contributed by atoms with Crippen molar-refractivity contribution in [2.45, 2.75) is 277 Å². The Balaban J connectivity index is 2.30. The zero-order valence-corrected chi connectivity index (χ0v) is 33.9. The van der Waals surface area contributed by atoms with Crippen LogP contribution in [0, 0.1) is 0 Å². The molecule has 1 aromatic rings. The molecule has 0 radical (unpaired) electrons. The first-order valence-electron chi connectivity index (χ1n) is 22.8. The number of aromatic amines is 1. The van der Waals surface area contributed by atoms with E-state index in [4.69, 9.17) is 0 Å². The second-order valence-electron chi connectivity index (χ2n) is 16.1. The predicted octanol–water partition coefficient (Wildman–Crippen LogP) is 16.4. The number of nitrogens with zero attached hydrogens (tertiary/aromatic N) is 1. The molecule has 0 aliphatic carbocycles. The van der Waals surface area contributed by atoms with Crippen molar-refractivity contribution in [3.05, 3.63) is 18.2 Å². The van der Waals surface area contributed by atoms with Crippen LogP contribution in [-0.4, -0.2) is 4.98 Å². The molecule has 284 valence electrons. The van der Waals surface area contributed by atoms with E-state index in [0.717, 1.165) is 0 Å². The van der Waals surface area contributed by atoms with E-state index in [1.807, 2.05) is 0 Å². The van der Waals surface area contributed by atoms with Crippen molar-refractivity contribution in [2.24, 2.45) is 0 Å². The van der Waals surface area contributed by atoms with Crippen LogP contribution in [0.5, 0.6) is 0 Å². The maximum Gasteiger partial charge on any atom is 0.257 e. The van der Waals surface area contributed by atoms with Crippen molar-refractivity contribution in [1.29, 1.82) is 0 Å². The van der Waals surface area contributed by atoms with Crippen LogP contribution in [0.15, 0.2) is 12.4 Å². The number of rotatable bonds is 39. The average molecular weight is 672 g/mol. The van der Waals surface area contributed by atoms with Gasteiger partial charge in [-0.05, 0) is 32.6 Å². The molecule has 0 fully saturated rings. The highest BCUT2D eigenvalue weighted by Gasteiger charge is 2.25. The zero-order chi connectivity index (χ0) is 34.6. The quantitative estimate of drug-likeness (QED) is 0.0531. The van der Waals surface area contributed by atoms with Crippen LogP contribution in [0.25, 0.3) is 0 Å². The Morgan fingerprint density at radius 3 is 0.979 bits per heavy atom. The van der Waals surface area contributed by atoms with Crippen LogP contribution >= 0.6 is 0 Å². The van der Waals surface area contributed by atoms with Gasteiger partial charge in [-0.3, -0.25) is 0 Å². The molecule has 0 spiro atoms. The lowest BCUT2D eigenvalue weighted by molar-refractivity contribution is -0.727. The maximum atomic E-state index is 3.76. The number of imidazole rings is 1. The summed E-state index contributed by atoms with van der Waals surface area (Å²) in [6, 6.07) is 0.618. The molecule has 2 nitrogen and oxygen atoms in total. The molecule has 48 heavy (non-hydrogen) atoms. The van der Waals surface area contributed by atoms with Crippen molar-refractivity contribution in [3.63, 3.8) is 0 Å². The van der Waals surface area contributed by atoms with Gasteiger partial charge in [0.05, 0.1) is 12.0 Å². The maximum absolute atomic E-state index is 3.76. The van der Waals surface area contributed by atoms with E-state index in [-0.39, 0.29) is 0 Å². The lowest BCUT2D eigenvalue weighted by atomic mass is 9.92. The number of aromatic nitrogens is 2. The van der Waals surface area contributed by atoms with Gasteiger partial charge in [0.2, 0.25) is 0 Å². The van der Waals surface area contributed by atoms with Gasteiger partial charge in [0.1, 0.15) is 12.4 Å². The summed E-state index contributed by atoms with van der Waals surface area (Å²) in [5, 5.41) is 0. The Morgan fingerprint density at radius 1 is 0.396 bits per heavy atom. The fourth-order valence-electron chi connectivity index (χ4n) is 8.02. The lowest BCUT2D eigenvalue weighted by Crippen LogP contribution is -2.41. The number of unbranched alkanes of at least 4 members (excludes halogenated alkanes) is 31. The van der Waals surface area contributed by atoms with Crippen LogP contribution in [-0.2, 0) is 0 Å².